The molecular formula is C30H32N2O3. The molecule has 1 heterocycles. The quantitative estimate of drug-likeness (QED) is 0.295. The molecule has 3 aromatic carbocycles. The summed E-state index contributed by atoms with van der Waals surface area (Å²) in [4.78, 5) is 24.0. The summed E-state index contributed by atoms with van der Waals surface area (Å²) in [5.41, 5.74) is 5.36. The predicted octanol–water partition coefficient (Wildman–Crippen LogP) is 6.38. The Morgan fingerprint density at radius 3 is 2.23 bits per heavy atom. The highest BCUT2D eigenvalue weighted by Gasteiger charge is 2.15. The molecule has 0 spiro atoms. The van der Waals surface area contributed by atoms with Crippen molar-refractivity contribution in [3.8, 4) is 5.69 Å². The largest absolute Gasteiger partial charge is 0.478 e. The van der Waals surface area contributed by atoms with E-state index in [-0.39, 0.29) is 16.9 Å². The first-order valence-electron chi connectivity index (χ1n) is 12.1. The third-order valence-corrected chi connectivity index (χ3v) is 6.34. The van der Waals surface area contributed by atoms with Crippen LogP contribution in [0.2, 0.25) is 0 Å². The summed E-state index contributed by atoms with van der Waals surface area (Å²) in [6.45, 7) is 7.06. The number of fused-ring (bicyclic) bond motifs is 1. The zero-order valence-electron chi connectivity index (χ0n) is 20.5. The summed E-state index contributed by atoms with van der Waals surface area (Å²) in [6, 6.07) is 23.1. The third kappa shape index (κ3) is 5.62. The second-order valence-electron chi connectivity index (χ2n) is 9.94. The van der Waals surface area contributed by atoms with Gasteiger partial charge in [-0.15, -0.1) is 0 Å². The number of aromatic nitrogens is 1. The molecule has 1 aromatic heterocycles. The number of carboxylic acid groups (broad SMARTS) is 1. The maximum atomic E-state index is 12.5. The van der Waals surface area contributed by atoms with Gasteiger partial charge in [-0.1, -0.05) is 51.1 Å². The molecule has 0 radical (unpaired) electrons. The molecule has 35 heavy (non-hydrogen) atoms. The summed E-state index contributed by atoms with van der Waals surface area (Å²) < 4.78 is 2.11. The first kappa shape index (κ1) is 24.3. The number of rotatable bonds is 8. The Balaban J connectivity index is 1.40. The van der Waals surface area contributed by atoms with E-state index in [0.717, 1.165) is 41.4 Å². The monoisotopic (exact) mass is 468 g/mol. The Morgan fingerprint density at radius 1 is 0.886 bits per heavy atom. The maximum absolute atomic E-state index is 12.5. The normalized spacial score (nSPS) is 11.5. The van der Waals surface area contributed by atoms with Crippen LogP contribution in [0.1, 0.15) is 65.5 Å². The Hall–Kier alpha value is -3.86. The number of carboxylic acids is 1. The van der Waals surface area contributed by atoms with Gasteiger partial charge >= 0.3 is 5.97 Å². The van der Waals surface area contributed by atoms with Crippen LogP contribution in [0, 0.1) is 0 Å². The molecule has 0 saturated heterocycles. The van der Waals surface area contributed by atoms with Gasteiger partial charge in [0, 0.05) is 29.4 Å². The van der Waals surface area contributed by atoms with Crippen molar-refractivity contribution in [3.05, 3.63) is 101 Å². The summed E-state index contributed by atoms with van der Waals surface area (Å²) in [7, 11) is 0. The number of carbonyl (C=O) groups is 2. The zero-order valence-corrected chi connectivity index (χ0v) is 20.5. The number of amides is 1. The van der Waals surface area contributed by atoms with Gasteiger partial charge in [0.2, 0.25) is 0 Å². The standard InChI is InChI=1S/C30H32N2O3/c1-30(2,3)24-15-12-21(13-16-24)28(33)31-18-8-7-9-23-20-32(25-10-5-4-6-11-25)27-17-14-22(29(34)35)19-26(23)27/h4-6,10-17,19-20H,7-9,18H2,1-3H3,(H,31,33)(H,34,35). The van der Waals surface area contributed by atoms with E-state index >= 15 is 0 Å². The highest BCUT2D eigenvalue weighted by Crippen LogP contribution is 2.27. The van der Waals surface area contributed by atoms with E-state index in [1.165, 1.54) is 5.56 Å². The molecule has 4 rings (SSSR count). The molecule has 5 heteroatoms. The fourth-order valence-electron chi connectivity index (χ4n) is 4.30. The van der Waals surface area contributed by atoms with E-state index in [9.17, 15) is 14.7 Å². The minimum Gasteiger partial charge on any atom is -0.478 e. The van der Waals surface area contributed by atoms with Crippen molar-refractivity contribution in [3.63, 3.8) is 0 Å². The van der Waals surface area contributed by atoms with Gasteiger partial charge in [-0.2, -0.15) is 0 Å². The van der Waals surface area contributed by atoms with Crippen molar-refractivity contribution < 1.29 is 14.7 Å². The molecule has 2 N–H and O–H groups in total. The zero-order chi connectivity index (χ0) is 25.0. The van der Waals surface area contributed by atoms with Crippen molar-refractivity contribution in [1.29, 1.82) is 0 Å². The van der Waals surface area contributed by atoms with Crippen LogP contribution in [0.5, 0.6) is 0 Å². The number of hydrogen-bond donors (Lipinski definition) is 2. The highest BCUT2D eigenvalue weighted by atomic mass is 16.4. The maximum Gasteiger partial charge on any atom is 0.335 e. The topological polar surface area (TPSA) is 71.3 Å². The van der Waals surface area contributed by atoms with Crippen LogP contribution in [0.3, 0.4) is 0 Å². The van der Waals surface area contributed by atoms with Crippen LogP contribution < -0.4 is 5.32 Å². The number of aromatic carboxylic acids is 1. The molecule has 0 saturated carbocycles. The molecule has 180 valence electrons. The molecule has 0 bridgehead atoms. The molecule has 1 amide bonds. The summed E-state index contributed by atoms with van der Waals surface area (Å²) >= 11 is 0. The Bertz CT molecular complexity index is 1330. The number of hydrogen-bond acceptors (Lipinski definition) is 2. The average molecular weight is 469 g/mol. The van der Waals surface area contributed by atoms with E-state index in [0.29, 0.717) is 12.1 Å². The van der Waals surface area contributed by atoms with Gasteiger partial charge in [-0.3, -0.25) is 4.79 Å². The van der Waals surface area contributed by atoms with Gasteiger partial charge in [0.1, 0.15) is 0 Å². The number of nitrogens with one attached hydrogen (secondary N) is 1. The molecular weight excluding hydrogens is 436 g/mol. The minimum absolute atomic E-state index is 0.0581. The first-order valence-corrected chi connectivity index (χ1v) is 12.1. The highest BCUT2D eigenvalue weighted by molar-refractivity contribution is 5.95. The average Bonchev–Trinajstić information content (AvgIpc) is 3.21. The van der Waals surface area contributed by atoms with Crippen LogP contribution in [0.15, 0.2) is 79.0 Å². The van der Waals surface area contributed by atoms with E-state index in [4.69, 9.17) is 0 Å². The molecule has 5 nitrogen and oxygen atoms in total. The van der Waals surface area contributed by atoms with Crippen molar-refractivity contribution in [2.45, 2.75) is 45.4 Å². The minimum atomic E-state index is -0.927. The van der Waals surface area contributed by atoms with E-state index in [2.05, 4.69) is 36.9 Å². The Kier molecular flexibility index (Phi) is 7.06. The number of carbonyl (C=O) groups excluding carboxylic acids is 1. The number of benzene rings is 3. The van der Waals surface area contributed by atoms with Crippen molar-refractivity contribution in [2.75, 3.05) is 6.54 Å². The summed E-state index contributed by atoms with van der Waals surface area (Å²) in [5, 5.41) is 13.4. The lowest BCUT2D eigenvalue weighted by Crippen LogP contribution is -2.24. The predicted molar refractivity (Wildman–Crippen MR) is 141 cm³/mol. The molecule has 0 aliphatic heterocycles. The number of nitrogens with zero attached hydrogens (tertiary/aromatic N) is 1. The van der Waals surface area contributed by atoms with Gasteiger partial charge in [-0.05, 0) is 78.3 Å². The van der Waals surface area contributed by atoms with Crippen molar-refractivity contribution >= 4 is 22.8 Å². The Labute approximate surface area is 206 Å². The second-order valence-corrected chi connectivity index (χ2v) is 9.94. The summed E-state index contributed by atoms with van der Waals surface area (Å²) in [5.74, 6) is -0.985. The molecule has 0 aliphatic carbocycles. The van der Waals surface area contributed by atoms with Crippen LogP contribution in [-0.4, -0.2) is 28.1 Å². The lowest BCUT2D eigenvalue weighted by atomic mass is 9.87. The van der Waals surface area contributed by atoms with Crippen LogP contribution in [0.25, 0.3) is 16.6 Å². The SMILES string of the molecule is CC(C)(C)c1ccc(C(=O)NCCCCc2cn(-c3ccccc3)c3ccc(C(=O)O)cc23)cc1. The van der Waals surface area contributed by atoms with Gasteiger partial charge in [0.15, 0.2) is 0 Å². The molecule has 0 atom stereocenters. The van der Waals surface area contributed by atoms with Gasteiger partial charge in [-0.25, -0.2) is 4.79 Å². The number of para-hydroxylation sites is 1. The molecule has 0 aliphatic rings. The van der Waals surface area contributed by atoms with Crippen LogP contribution in [-0.2, 0) is 11.8 Å². The lowest BCUT2D eigenvalue weighted by molar-refractivity contribution is 0.0696. The number of aryl methyl sites for hydroxylation is 1. The van der Waals surface area contributed by atoms with E-state index < -0.39 is 5.97 Å². The van der Waals surface area contributed by atoms with Crippen molar-refractivity contribution in [2.24, 2.45) is 0 Å². The van der Waals surface area contributed by atoms with Crippen LogP contribution in [0.4, 0.5) is 0 Å². The fraction of sp³-hybridized carbons (Fsp3) is 0.267. The molecule has 4 aromatic rings. The first-order chi connectivity index (χ1) is 16.7. The lowest BCUT2D eigenvalue weighted by Gasteiger charge is -2.19. The fourth-order valence-corrected chi connectivity index (χ4v) is 4.30. The number of unbranched alkanes of at least 4 members (excludes halogenated alkanes) is 1. The second kappa shape index (κ2) is 10.2. The van der Waals surface area contributed by atoms with Gasteiger partial charge in [0.25, 0.3) is 5.91 Å². The smallest absolute Gasteiger partial charge is 0.335 e. The van der Waals surface area contributed by atoms with E-state index in [1.54, 1.807) is 12.1 Å². The van der Waals surface area contributed by atoms with E-state index in [1.807, 2.05) is 60.7 Å². The molecule has 0 fully saturated rings. The third-order valence-electron chi connectivity index (χ3n) is 6.34. The van der Waals surface area contributed by atoms with Crippen molar-refractivity contribution in [1.82, 2.24) is 9.88 Å². The van der Waals surface area contributed by atoms with Gasteiger partial charge in [0.05, 0.1) is 11.1 Å². The van der Waals surface area contributed by atoms with Gasteiger partial charge < -0.3 is 15.0 Å². The Morgan fingerprint density at radius 2 is 1.57 bits per heavy atom. The van der Waals surface area contributed by atoms with Crippen LogP contribution >= 0.6 is 0 Å². The summed E-state index contributed by atoms with van der Waals surface area (Å²) in [6.07, 6.45) is 4.62. The molecule has 0 unspecified atom stereocenters.